The number of carbonyl (C=O) groups excluding carboxylic acids is 2. The number of H-pyrrole nitrogens is 1. The molecule has 1 saturated heterocycles. The number of nitrogens with zero attached hydrogens (tertiary/aromatic N) is 4. The van der Waals surface area contributed by atoms with E-state index in [1.54, 1.807) is 14.0 Å². The van der Waals surface area contributed by atoms with Crippen molar-refractivity contribution in [3.63, 3.8) is 0 Å². The topological polar surface area (TPSA) is 125 Å². The van der Waals surface area contributed by atoms with Gasteiger partial charge < -0.3 is 20.3 Å². The van der Waals surface area contributed by atoms with Gasteiger partial charge in [-0.25, -0.2) is 9.97 Å². The van der Waals surface area contributed by atoms with E-state index in [-0.39, 0.29) is 17.6 Å². The zero-order valence-corrected chi connectivity index (χ0v) is 21.0. The van der Waals surface area contributed by atoms with Crippen LogP contribution in [0.1, 0.15) is 32.4 Å². The molecule has 0 unspecified atom stereocenters. The van der Waals surface area contributed by atoms with Gasteiger partial charge in [0.2, 0.25) is 11.7 Å². The van der Waals surface area contributed by atoms with E-state index in [1.807, 2.05) is 37.3 Å². The summed E-state index contributed by atoms with van der Waals surface area (Å²) in [5.74, 6) is 2.53. The van der Waals surface area contributed by atoms with Crippen LogP contribution in [-0.2, 0) is 9.59 Å². The average molecular weight is 496 g/mol. The molecular weight excluding hydrogens is 466 g/mol. The molecule has 3 aromatic rings. The number of methoxy groups -OCH3 is 1. The first-order valence-corrected chi connectivity index (χ1v) is 12.2. The van der Waals surface area contributed by atoms with Gasteiger partial charge in [-0.2, -0.15) is 5.10 Å². The maximum absolute atomic E-state index is 11.8. The first-order valence-electron chi connectivity index (χ1n) is 11.4. The summed E-state index contributed by atoms with van der Waals surface area (Å²) in [6.45, 7) is 6.46. The van der Waals surface area contributed by atoms with Gasteiger partial charge in [-0.1, -0.05) is 0 Å². The Morgan fingerprint density at radius 2 is 1.86 bits per heavy atom. The molecule has 0 atom stereocenters. The van der Waals surface area contributed by atoms with Crippen LogP contribution >= 0.6 is 11.8 Å². The van der Waals surface area contributed by atoms with Gasteiger partial charge >= 0.3 is 0 Å². The Morgan fingerprint density at radius 1 is 1.14 bits per heavy atom. The summed E-state index contributed by atoms with van der Waals surface area (Å²) in [6.07, 6.45) is 1.55. The largest absolute Gasteiger partial charge is 0.490 e. The summed E-state index contributed by atoms with van der Waals surface area (Å²) in [6, 6.07) is 9.38. The van der Waals surface area contributed by atoms with Crippen LogP contribution in [0.15, 0.2) is 40.4 Å². The molecule has 10 nitrogen and oxygen atoms in total. The molecule has 1 aliphatic rings. The normalized spacial score (nSPS) is 14.0. The Morgan fingerprint density at radius 3 is 2.43 bits per heavy atom. The second-order valence-corrected chi connectivity index (χ2v) is 9.49. The smallest absolute Gasteiger partial charge is 0.221 e. The van der Waals surface area contributed by atoms with Crippen molar-refractivity contribution in [2.24, 2.45) is 5.92 Å². The fourth-order valence-electron chi connectivity index (χ4n) is 3.97. The van der Waals surface area contributed by atoms with Crippen LogP contribution in [0.25, 0.3) is 0 Å². The van der Waals surface area contributed by atoms with E-state index in [0.29, 0.717) is 41.4 Å². The van der Waals surface area contributed by atoms with Crippen molar-refractivity contribution >= 4 is 46.6 Å². The number of amides is 1. The number of anilines is 4. The van der Waals surface area contributed by atoms with Gasteiger partial charge in [-0.3, -0.25) is 14.7 Å². The molecule has 3 heterocycles. The van der Waals surface area contributed by atoms with Crippen LogP contribution < -0.4 is 20.3 Å². The number of piperidine rings is 1. The molecule has 2 aromatic heterocycles. The quantitative estimate of drug-likeness (QED) is 0.395. The van der Waals surface area contributed by atoms with Crippen molar-refractivity contribution in [2.45, 2.75) is 43.7 Å². The van der Waals surface area contributed by atoms with Crippen molar-refractivity contribution in [2.75, 3.05) is 35.7 Å². The Kier molecular flexibility index (Phi) is 7.54. The maximum atomic E-state index is 11.8. The first kappa shape index (κ1) is 24.5. The zero-order valence-electron chi connectivity index (χ0n) is 20.2. The Balaban J connectivity index is 1.66. The monoisotopic (exact) mass is 495 g/mol. The third kappa shape index (κ3) is 6.10. The molecule has 4 rings (SSSR count). The second kappa shape index (κ2) is 10.8. The van der Waals surface area contributed by atoms with Gasteiger partial charge in [0.1, 0.15) is 5.78 Å². The van der Waals surface area contributed by atoms with E-state index in [4.69, 9.17) is 14.7 Å². The highest BCUT2D eigenvalue weighted by Crippen LogP contribution is 2.39. The molecular formula is C24H29N7O3S. The second-order valence-electron chi connectivity index (χ2n) is 8.45. The van der Waals surface area contributed by atoms with Gasteiger partial charge in [-0.05, 0) is 62.7 Å². The number of aromatic nitrogens is 4. The van der Waals surface area contributed by atoms with E-state index in [9.17, 15) is 9.59 Å². The minimum Gasteiger partial charge on any atom is -0.490 e. The van der Waals surface area contributed by atoms with Gasteiger partial charge in [0.15, 0.2) is 22.6 Å². The van der Waals surface area contributed by atoms with E-state index >= 15 is 0 Å². The first-order chi connectivity index (χ1) is 16.8. The molecule has 3 N–H and O–H groups in total. The van der Waals surface area contributed by atoms with Gasteiger partial charge in [0, 0.05) is 48.3 Å². The van der Waals surface area contributed by atoms with Crippen molar-refractivity contribution in [1.82, 2.24) is 20.2 Å². The van der Waals surface area contributed by atoms with Gasteiger partial charge in [0.25, 0.3) is 0 Å². The van der Waals surface area contributed by atoms with E-state index in [2.05, 4.69) is 25.7 Å². The number of ether oxygens (including phenoxy) is 1. The lowest BCUT2D eigenvalue weighted by atomic mass is 9.93. The lowest BCUT2D eigenvalue weighted by molar-refractivity contribution is -0.121. The fraction of sp³-hybridized carbons (Fsp3) is 0.375. The van der Waals surface area contributed by atoms with Crippen LogP contribution in [0.3, 0.4) is 0 Å². The maximum Gasteiger partial charge on any atom is 0.221 e. The number of hydrogen-bond acceptors (Lipinski definition) is 9. The van der Waals surface area contributed by atoms with Crippen LogP contribution in [0.4, 0.5) is 23.1 Å². The molecule has 0 bridgehead atoms. The number of aryl methyl sites for hydroxylation is 1. The van der Waals surface area contributed by atoms with Crippen molar-refractivity contribution < 1.29 is 14.3 Å². The number of rotatable bonds is 8. The fourth-order valence-corrected chi connectivity index (χ4v) is 4.72. The van der Waals surface area contributed by atoms with Crippen LogP contribution in [0, 0.1) is 12.8 Å². The molecule has 0 radical (unpaired) electrons. The van der Waals surface area contributed by atoms with E-state index in [1.165, 1.54) is 18.7 Å². The lowest BCUT2D eigenvalue weighted by Gasteiger charge is -2.32. The number of nitrogens with one attached hydrogen (secondary N) is 3. The number of hydrogen-bond donors (Lipinski definition) is 3. The minimum absolute atomic E-state index is 0.0830. The van der Waals surface area contributed by atoms with E-state index < -0.39 is 0 Å². The summed E-state index contributed by atoms with van der Waals surface area (Å²) in [5, 5.41) is 13.7. The summed E-state index contributed by atoms with van der Waals surface area (Å²) in [4.78, 5) is 35.8. The molecule has 1 amide bonds. The predicted molar refractivity (Wildman–Crippen MR) is 136 cm³/mol. The highest BCUT2D eigenvalue weighted by molar-refractivity contribution is 7.99. The standard InChI is InChI=1S/C24H29N7O3S/c1-14-13-20(30-29-14)26-22-21(34-4)23(31-11-9-17(10-12-31)15(2)32)28-24(27-22)35-19-7-5-18(6-8-19)25-16(3)33/h5-8,13,17H,9-12H2,1-4H3,(H,25,33)(H2,26,27,28,29,30). The van der Waals surface area contributed by atoms with Crippen molar-refractivity contribution in [3.8, 4) is 5.75 Å². The molecule has 1 aliphatic heterocycles. The lowest BCUT2D eigenvalue weighted by Crippen LogP contribution is -2.36. The summed E-state index contributed by atoms with van der Waals surface area (Å²) in [5.41, 5.74) is 1.64. The Labute approximate surface area is 208 Å². The summed E-state index contributed by atoms with van der Waals surface area (Å²) >= 11 is 1.41. The molecule has 1 fully saturated rings. The molecule has 0 saturated carbocycles. The number of aromatic amines is 1. The molecule has 184 valence electrons. The van der Waals surface area contributed by atoms with Gasteiger partial charge in [-0.15, -0.1) is 0 Å². The van der Waals surface area contributed by atoms with Crippen molar-refractivity contribution in [1.29, 1.82) is 0 Å². The highest BCUT2D eigenvalue weighted by Gasteiger charge is 2.27. The number of carbonyl (C=O) groups is 2. The average Bonchev–Trinajstić information content (AvgIpc) is 3.24. The van der Waals surface area contributed by atoms with E-state index in [0.717, 1.165) is 29.1 Å². The number of Topliss-reactive ketones (excluding diaryl/α,β-unsaturated/α-hetero) is 1. The minimum atomic E-state index is -0.119. The third-order valence-corrected chi connectivity index (χ3v) is 6.61. The molecule has 1 aromatic carbocycles. The Hall–Kier alpha value is -3.60. The van der Waals surface area contributed by atoms with Gasteiger partial charge in [0.05, 0.1) is 7.11 Å². The highest BCUT2D eigenvalue weighted by atomic mass is 32.2. The SMILES string of the molecule is COc1c(Nc2cc(C)[nH]n2)nc(Sc2ccc(NC(C)=O)cc2)nc1N1CCC(C(C)=O)CC1. The van der Waals surface area contributed by atoms with Crippen molar-refractivity contribution in [3.05, 3.63) is 36.0 Å². The number of benzene rings is 1. The third-order valence-electron chi connectivity index (χ3n) is 5.74. The predicted octanol–water partition coefficient (Wildman–Crippen LogP) is 4.18. The van der Waals surface area contributed by atoms with Crippen LogP contribution in [-0.4, -0.2) is 52.1 Å². The molecule has 0 spiro atoms. The molecule has 0 aliphatic carbocycles. The number of ketones is 1. The zero-order chi connectivity index (χ0) is 24.9. The molecule has 35 heavy (non-hydrogen) atoms. The summed E-state index contributed by atoms with van der Waals surface area (Å²) in [7, 11) is 1.60. The van der Waals surface area contributed by atoms with Crippen LogP contribution in [0.5, 0.6) is 5.75 Å². The summed E-state index contributed by atoms with van der Waals surface area (Å²) < 4.78 is 5.76. The molecule has 11 heteroatoms. The Bertz CT molecular complexity index is 1200. The van der Waals surface area contributed by atoms with Crippen LogP contribution in [0.2, 0.25) is 0 Å².